The minimum Gasteiger partial charge on any atom is -0.297 e. The molecule has 2 nitrogen and oxygen atoms in total. The maximum atomic E-state index is 4.09. The van der Waals surface area contributed by atoms with E-state index in [1.165, 1.54) is 0 Å². The van der Waals surface area contributed by atoms with Gasteiger partial charge in [0, 0.05) is 5.88 Å². The molecule has 50 valence electrons. The maximum absolute atomic E-state index is 4.09. The average Bonchev–Trinajstić information content (AvgIpc) is 1.65. The molecule has 0 rings (SSSR count). The Morgan fingerprint density at radius 1 is 1.25 bits per heavy atom. The summed E-state index contributed by atoms with van der Waals surface area (Å²) < 4.78 is 0. The molecule has 0 aliphatic rings. The Morgan fingerprint density at radius 2 is 1.75 bits per heavy atom. The van der Waals surface area contributed by atoms with Crippen LogP contribution in [0.5, 0.6) is 0 Å². The molecule has 8 heavy (non-hydrogen) atoms. The van der Waals surface area contributed by atoms with E-state index in [0.29, 0.717) is 0 Å². The summed E-state index contributed by atoms with van der Waals surface area (Å²) in [5, 5.41) is 0. The zero-order valence-corrected chi connectivity index (χ0v) is 6.65. The zero-order valence-electron chi connectivity index (χ0n) is 5.76. The first-order valence-electron chi connectivity index (χ1n) is 2.61. The molecule has 0 unspecified atom stereocenters. The molecule has 0 aromatic rings. The van der Waals surface area contributed by atoms with Gasteiger partial charge in [-0.2, -0.15) is 12.6 Å². The smallest absolute Gasteiger partial charge is 0.0505 e. The van der Waals surface area contributed by atoms with Crippen molar-refractivity contribution >= 4 is 12.6 Å². The van der Waals surface area contributed by atoms with Gasteiger partial charge in [0.05, 0.1) is 6.67 Å². The number of nitrogens with zero attached hydrogens (tertiary/aromatic N) is 2. The Bertz CT molecular complexity index is 56.4. The maximum Gasteiger partial charge on any atom is 0.0505 e. The van der Waals surface area contributed by atoms with E-state index in [1.807, 2.05) is 21.1 Å². The molecule has 0 spiro atoms. The predicted octanol–water partition coefficient (Wildman–Crippen LogP) is 0.325. The highest BCUT2D eigenvalue weighted by Crippen LogP contribution is 1.84. The van der Waals surface area contributed by atoms with E-state index in [9.17, 15) is 0 Å². The lowest BCUT2D eigenvalue weighted by molar-refractivity contribution is 0.238. The van der Waals surface area contributed by atoms with Gasteiger partial charge in [-0.1, -0.05) is 0 Å². The van der Waals surface area contributed by atoms with Gasteiger partial charge in [-0.3, -0.25) is 9.80 Å². The van der Waals surface area contributed by atoms with Crippen LogP contribution in [0.3, 0.4) is 0 Å². The predicted molar refractivity (Wildman–Crippen MR) is 40.2 cm³/mol. The van der Waals surface area contributed by atoms with Gasteiger partial charge < -0.3 is 0 Å². The largest absolute Gasteiger partial charge is 0.297 e. The highest BCUT2D eigenvalue weighted by atomic mass is 32.1. The van der Waals surface area contributed by atoms with Crippen LogP contribution in [0.25, 0.3) is 0 Å². The fourth-order valence-corrected chi connectivity index (χ4v) is 0.617. The van der Waals surface area contributed by atoms with Crippen molar-refractivity contribution in [2.45, 2.75) is 0 Å². The van der Waals surface area contributed by atoms with Gasteiger partial charge in [0.2, 0.25) is 0 Å². The Morgan fingerprint density at radius 3 is 1.88 bits per heavy atom. The molecular weight excluding hydrogens is 120 g/mol. The van der Waals surface area contributed by atoms with Crippen LogP contribution < -0.4 is 0 Å². The van der Waals surface area contributed by atoms with Crippen LogP contribution in [-0.2, 0) is 0 Å². The first kappa shape index (κ1) is 8.27. The highest BCUT2D eigenvalue weighted by molar-refractivity contribution is 7.80. The standard InChI is InChI=1S/C5H14N2S/c1-6(2)4-7(3)5-8/h8H,4-5H2,1-3H3. The van der Waals surface area contributed by atoms with Crippen molar-refractivity contribution < 1.29 is 0 Å². The van der Waals surface area contributed by atoms with Crippen LogP contribution >= 0.6 is 12.6 Å². The van der Waals surface area contributed by atoms with Gasteiger partial charge in [0.1, 0.15) is 0 Å². The van der Waals surface area contributed by atoms with Crippen LogP contribution in [0, 0.1) is 0 Å². The molecule has 0 fully saturated rings. The highest BCUT2D eigenvalue weighted by Gasteiger charge is 1.93. The summed E-state index contributed by atoms with van der Waals surface area (Å²) in [5.41, 5.74) is 0. The molecule has 0 aliphatic carbocycles. The minimum atomic E-state index is 0.818. The topological polar surface area (TPSA) is 6.48 Å². The van der Waals surface area contributed by atoms with E-state index >= 15 is 0 Å². The number of hydrogen-bond donors (Lipinski definition) is 1. The number of thiol groups is 1. The first-order chi connectivity index (χ1) is 3.66. The molecule has 0 atom stereocenters. The zero-order chi connectivity index (χ0) is 6.57. The molecule has 0 amide bonds. The quantitative estimate of drug-likeness (QED) is 0.439. The van der Waals surface area contributed by atoms with Crippen molar-refractivity contribution in [3.8, 4) is 0 Å². The van der Waals surface area contributed by atoms with Crippen LogP contribution in [0.2, 0.25) is 0 Å². The Balaban J connectivity index is 3.10. The summed E-state index contributed by atoms with van der Waals surface area (Å²) in [5.74, 6) is 0.818. The van der Waals surface area contributed by atoms with Crippen molar-refractivity contribution in [1.82, 2.24) is 9.80 Å². The second-order valence-electron chi connectivity index (χ2n) is 2.22. The normalized spacial score (nSPS) is 11.2. The third-order valence-corrected chi connectivity index (χ3v) is 1.25. The first-order valence-corrected chi connectivity index (χ1v) is 3.24. The monoisotopic (exact) mass is 134 g/mol. The average molecular weight is 134 g/mol. The molecule has 0 N–H and O–H groups in total. The summed E-state index contributed by atoms with van der Waals surface area (Å²) in [6.45, 7) is 0.976. The second-order valence-corrected chi connectivity index (χ2v) is 2.50. The van der Waals surface area contributed by atoms with Gasteiger partial charge in [-0.05, 0) is 21.1 Å². The van der Waals surface area contributed by atoms with E-state index in [-0.39, 0.29) is 0 Å². The van der Waals surface area contributed by atoms with Crippen molar-refractivity contribution in [3.63, 3.8) is 0 Å². The van der Waals surface area contributed by atoms with E-state index in [2.05, 4.69) is 22.4 Å². The molecule has 0 aromatic heterocycles. The minimum absolute atomic E-state index is 0.818. The number of rotatable bonds is 3. The van der Waals surface area contributed by atoms with Crippen molar-refractivity contribution in [2.75, 3.05) is 33.7 Å². The fraction of sp³-hybridized carbons (Fsp3) is 1.00. The molecule has 0 aliphatic heterocycles. The fourth-order valence-electron chi connectivity index (χ4n) is 0.528. The van der Waals surface area contributed by atoms with Gasteiger partial charge in [0.25, 0.3) is 0 Å². The lowest BCUT2D eigenvalue weighted by Gasteiger charge is -2.17. The molecule has 0 radical (unpaired) electrons. The molecule has 3 heteroatoms. The Hall–Kier alpha value is 0.270. The summed E-state index contributed by atoms with van der Waals surface area (Å²) in [4.78, 5) is 4.22. The van der Waals surface area contributed by atoms with Crippen LogP contribution in [0.1, 0.15) is 0 Å². The molecule has 0 saturated carbocycles. The van der Waals surface area contributed by atoms with Gasteiger partial charge in [0.15, 0.2) is 0 Å². The van der Waals surface area contributed by atoms with Crippen LogP contribution in [0.15, 0.2) is 0 Å². The number of hydrogen-bond acceptors (Lipinski definition) is 3. The van der Waals surface area contributed by atoms with E-state index < -0.39 is 0 Å². The third kappa shape index (κ3) is 4.43. The molecule has 0 aromatic carbocycles. The van der Waals surface area contributed by atoms with Crippen molar-refractivity contribution in [3.05, 3.63) is 0 Å². The summed E-state index contributed by atoms with van der Waals surface area (Å²) in [7, 11) is 6.12. The Kier molecular flexibility index (Phi) is 4.32. The molecular formula is C5H14N2S. The summed E-state index contributed by atoms with van der Waals surface area (Å²) in [6.07, 6.45) is 0. The van der Waals surface area contributed by atoms with E-state index in [0.717, 1.165) is 12.5 Å². The summed E-state index contributed by atoms with van der Waals surface area (Å²) >= 11 is 4.09. The lowest BCUT2D eigenvalue weighted by Crippen LogP contribution is -2.29. The van der Waals surface area contributed by atoms with Crippen molar-refractivity contribution in [2.24, 2.45) is 0 Å². The van der Waals surface area contributed by atoms with Gasteiger partial charge in [-0.15, -0.1) is 0 Å². The Labute approximate surface area is 56.9 Å². The second kappa shape index (κ2) is 4.18. The molecule has 0 heterocycles. The van der Waals surface area contributed by atoms with Gasteiger partial charge in [-0.25, -0.2) is 0 Å². The van der Waals surface area contributed by atoms with E-state index in [1.54, 1.807) is 0 Å². The van der Waals surface area contributed by atoms with Crippen LogP contribution in [0.4, 0.5) is 0 Å². The molecule has 0 bridgehead atoms. The van der Waals surface area contributed by atoms with Gasteiger partial charge >= 0.3 is 0 Å². The SMILES string of the molecule is CN(C)CN(C)CS. The third-order valence-electron chi connectivity index (χ3n) is 0.766. The molecule has 0 saturated heterocycles. The van der Waals surface area contributed by atoms with E-state index in [4.69, 9.17) is 0 Å². The lowest BCUT2D eigenvalue weighted by atomic mass is 10.8. The summed E-state index contributed by atoms with van der Waals surface area (Å²) in [6, 6.07) is 0. The van der Waals surface area contributed by atoms with Crippen molar-refractivity contribution in [1.29, 1.82) is 0 Å². The van der Waals surface area contributed by atoms with Crippen LogP contribution in [-0.4, -0.2) is 43.5 Å².